The fourth-order valence-corrected chi connectivity index (χ4v) is 4.47. The SMILES string of the molecule is COc1ccc(S(N)(=O)=O)cc1C(=O)NCCNS(=O)(=O)c1cc(C)ccc1C. The van der Waals surface area contributed by atoms with Gasteiger partial charge in [0.15, 0.2) is 0 Å². The lowest BCUT2D eigenvalue weighted by Gasteiger charge is -2.12. The second-order valence-electron chi connectivity index (χ2n) is 6.33. The van der Waals surface area contributed by atoms with Crippen LogP contribution in [0.4, 0.5) is 0 Å². The van der Waals surface area contributed by atoms with Gasteiger partial charge in [-0.1, -0.05) is 12.1 Å². The Kier molecular flexibility index (Phi) is 7.01. The Morgan fingerprint density at radius 1 is 1.03 bits per heavy atom. The molecule has 0 saturated heterocycles. The van der Waals surface area contributed by atoms with Gasteiger partial charge in [-0.2, -0.15) is 0 Å². The van der Waals surface area contributed by atoms with E-state index in [2.05, 4.69) is 10.0 Å². The third-order valence-corrected chi connectivity index (χ3v) is 6.59. The number of sulfonamides is 2. The Balaban J connectivity index is 2.06. The largest absolute Gasteiger partial charge is 0.496 e. The van der Waals surface area contributed by atoms with Gasteiger partial charge in [-0.3, -0.25) is 4.79 Å². The molecule has 0 aliphatic heterocycles. The monoisotopic (exact) mass is 441 g/mol. The molecule has 9 nitrogen and oxygen atoms in total. The van der Waals surface area contributed by atoms with E-state index >= 15 is 0 Å². The average molecular weight is 442 g/mol. The Morgan fingerprint density at radius 3 is 2.34 bits per heavy atom. The van der Waals surface area contributed by atoms with Gasteiger partial charge in [-0.25, -0.2) is 26.7 Å². The molecule has 29 heavy (non-hydrogen) atoms. The number of amides is 1. The van der Waals surface area contributed by atoms with Crippen molar-refractivity contribution in [1.82, 2.24) is 10.0 Å². The predicted molar refractivity (Wildman–Crippen MR) is 108 cm³/mol. The number of hydrogen-bond donors (Lipinski definition) is 3. The van der Waals surface area contributed by atoms with Gasteiger partial charge in [-0.05, 0) is 49.2 Å². The summed E-state index contributed by atoms with van der Waals surface area (Å²) in [6.07, 6.45) is 0. The van der Waals surface area contributed by atoms with Crippen LogP contribution in [0, 0.1) is 13.8 Å². The molecule has 2 rings (SSSR count). The highest BCUT2D eigenvalue weighted by Gasteiger charge is 2.19. The molecule has 0 unspecified atom stereocenters. The lowest BCUT2D eigenvalue weighted by Crippen LogP contribution is -2.35. The second-order valence-corrected chi connectivity index (χ2v) is 9.63. The fourth-order valence-electron chi connectivity index (χ4n) is 2.57. The smallest absolute Gasteiger partial charge is 0.255 e. The van der Waals surface area contributed by atoms with Crippen LogP contribution in [0.15, 0.2) is 46.2 Å². The van der Waals surface area contributed by atoms with Crippen LogP contribution in [0.25, 0.3) is 0 Å². The van der Waals surface area contributed by atoms with Crippen LogP contribution in [-0.4, -0.2) is 42.9 Å². The molecule has 0 heterocycles. The van der Waals surface area contributed by atoms with Gasteiger partial charge >= 0.3 is 0 Å². The van der Waals surface area contributed by atoms with E-state index in [0.717, 1.165) is 11.6 Å². The first-order valence-electron chi connectivity index (χ1n) is 8.51. The summed E-state index contributed by atoms with van der Waals surface area (Å²) in [4.78, 5) is 12.3. The topological polar surface area (TPSA) is 145 Å². The van der Waals surface area contributed by atoms with E-state index < -0.39 is 26.0 Å². The third-order valence-electron chi connectivity index (χ3n) is 4.08. The van der Waals surface area contributed by atoms with E-state index in [1.807, 2.05) is 6.07 Å². The van der Waals surface area contributed by atoms with Crippen LogP contribution in [0.5, 0.6) is 5.75 Å². The molecule has 0 radical (unpaired) electrons. The summed E-state index contributed by atoms with van der Waals surface area (Å²) in [5, 5.41) is 7.61. The highest BCUT2D eigenvalue weighted by atomic mass is 32.2. The zero-order valence-electron chi connectivity index (χ0n) is 16.2. The molecule has 0 aliphatic carbocycles. The van der Waals surface area contributed by atoms with Gasteiger partial charge in [-0.15, -0.1) is 0 Å². The quantitative estimate of drug-likeness (QED) is 0.514. The predicted octanol–water partition coefficient (Wildman–Crippen LogP) is 0.668. The Labute approximate surface area is 170 Å². The maximum absolute atomic E-state index is 12.5. The molecule has 0 saturated carbocycles. The molecule has 0 atom stereocenters. The molecule has 0 bridgehead atoms. The Hall–Kier alpha value is -2.47. The molecule has 2 aromatic carbocycles. The first-order chi connectivity index (χ1) is 13.5. The average Bonchev–Trinajstić information content (AvgIpc) is 2.65. The zero-order chi connectivity index (χ0) is 21.8. The molecule has 0 fully saturated rings. The highest BCUT2D eigenvalue weighted by molar-refractivity contribution is 7.89. The van der Waals surface area contributed by atoms with Gasteiger partial charge in [0.2, 0.25) is 20.0 Å². The maximum atomic E-state index is 12.5. The summed E-state index contributed by atoms with van der Waals surface area (Å²) in [6.45, 7) is 3.41. The summed E-state index contributed by atoms with van der Waals surface area (Å²) in [6, 6.07) is 8.75. The van der Waals surface area contributed by atoms with E-state index in [-0.39, 0.29) is 34.2 Å². The fraction of sp³-hybridized carbons (Fsp3) is 0.278. The molecule has 0 aliphatic rings. The van der Waals surface area contributed by atoms with Crippen molar-refractivity contribution in [3.05, 3.63) is 53.1 Å². The maximum Gasteiger partial charge on any atom is 0.255 e. The normalized spacial score (nSPS) is 11.9. The molecular formula is C18H23N3O6S2. The van der Waals surface area contributed by atoms with Gasteiger partial charge < -0.3 is 10.1 Å². The molecule has 1 amide bonds. The lowest BCUT2D eigenvalue weighted by molar-refractivity contribution is 0.0951. The van der Waals surface area contributed by atoms with E-state index in [1.165, 1.54) is 19.2 Å². The first-order valence-corrected chi connectivity index (χ1v) is 11.5. The second kappa shape index (κ2) is 8.91. The molecule has 4 N–H and O–H groups in total. The molecule has 0 aromatic heterocycles. The van der Waals surface area contributed by atoms with Crippen LogP contribution in [0.2, 0.25) is 0 Å². The van der Waals surface area contributed by atoms with Crippen molar-refractivity contribution in [1.29, 1.82) is 0 Å². The van der Waals surface area contributed by atoms with Crippen molar-refractivity contribution in [3.63, 3.8) is 0 Å². The van der Waals surface area contributed by atoms with Crippen LogP contribution in [0.1, 0.15) is 21.5 Å². The van der Waals surface area contributed by atoms with Crippen LogP contribution in [-0.2, 0) is 20.0 Å². The zero-order valence-corrected chi connectivity index (χ0v) is 17.9. The lowest BCUT2D eigenvalue weighted by atomic mass is 10.2. The molecule has 11 heteroatoms. The van der Waals surface area contributed by atoms with E-state index in [1.54, 1.807) is 26.0 Å². The number of nitrogens with one attached hydrogen (secondary N) is 2. The number of carbonyl (C=O) groups is 1. The molecule has 0 spiro atoms. The minimum atomic E-state index is -3.99. The van der Waals surface area contributed by atoms with Gasteiger partial charge in [0.1, 0.15) is 5.75 Å². The minimum Gasteiger partial charge on any atom is -0.496 e. The Bertz CT molecular complexity index is 1130. The van der Waals surface area contributed by atoms with Crippen LogP contribution >= 0.6 is 0 Å². The van der Waals surface area contributed by atoms with Crippen molar-refractivity contribution in [2.45, 2.75) is 23.6 Å². The van der Waals surface area contributed by atoms with E-state index in [0.29, 0.717) is 5.56 Å². The van der Waals surface area contributed by atoms with Crippen molar-refractivity contribution >= 4 is 26.0 Å². The van der Waals surface area contributed by atoms with Crippen molar-refractivity contribution in [3.8, 4) is 5.75 Å². The Morgan fingerprint density at radius 2 is 1.72 bits per heavy atom. The number of rotatable bonds is 8. The number of primary sulfonamides is 1. The number of hydrogen-bond acceptors (Lipinski definition) is 6. The number of methoxy groups -OCH3 is 1. The van der Waals surface area contributed by atoms with Gasteiger partial charge in [0.25, 0.3) is 5.91 Å². The summed E-state index contributed by atoms with van der Waals surface area (Å²) in [5.41, 5.74) is 1.39. The van der Waals surface area contributed by atoms with Crippen molar-refractivity contribution in [2.75, 3.05) is 20.2 Å². The number of aryl methyl sites for hydroxylation is 2. The summed E-state index contributed by atoms with van der Waals surface area (Å²) in [7, 11) is -6.40. The van der Waals surface area contributed by atoms with Gasteiger partial charge in [0.05, 0.1) is 22.5 Å². The number of carbonyl (C=O) groups excluding carboxylic acids is 1. The summed E-state index contributed by atoms with van der Waals surface area (Å²) >= 11 is 0. The van der Waals surface area contributed by atoms with Crippen molar-refractivity contribution < 1.29 is 26.4 Å². The number of ether oxygens (including phenoxy) is 1. The van der Waals surface area contributed by atoms with Crippen LogP contribution < -0.4 is 19.9 Å². The van der Waals surface area contributed by atoms with Crippen molar-refractivity contribution in [2.24, 2.45) is 5.14 Å². The van der Waals surface area contributed by atoms with E-state index in [4.69, 9.17) is 9.88 Å². The molecule has 2 aromatic rings. The van der Waals surface area contributed by atoms with Gasteiger partial charge in [0, 0.05) is 13.1 Å². The van der Waals surface area contributed by atoms with E-state index in [9.17, 15) is 21.6 Å². The highest BCUT2D eigenvalue weighted by Crippen LogP contribution is 2.22. The first kappa shape index (κ1) is 22.8. The molecule has 158 valence electrons. The summed E-state index contributed by atoms with van der Waals surface area (Å²) < 4.78 is 55.4. The minimum absolute atomic E-state index is 0.0221. The third kappa shape index (κ3) is 5.76. The number of benzene rings is 2. The van der Waals surface area contributed by atoms with Crippen LogP contribution in [0.3, 0.4) is 0 Å². The number of nitrogens with two attached hydrogens (primary N) is 1. The summed E-state index contributed by atoms with van der Waals surface area (Å²) in [5.74, 6) is -0.468. The molecular weight excluding hydrogens is 418 g/mol. The standard InChI is InChI=1S/C18H23N3O6S2/c1-12-4-5-13(2)17(10-12)29(25,26)21-9-8-20-18(22)15-11-14(28(19,23)24)6-7-16(15)27-3/h4-7,10-11,21H,8-9H2,1-3H3,(H,20,22)(H2,19,23,24).